The molecule has 2 heterocycles. The molecule has 1 aliphatic heterocycles. The van der Waals surface area contributed by atoms with Gasteiger partial charge in [0.15, 0.2) is 0 Å². The third kappa shape index (κ3) is 7.99. The van der Waals surface area contributed by atoms with Gasteiger partial charge < -0.3 is 25.0 Å². The summed E-state index contributed by atoms with van der Waals surface area (Å²) in [7, 11) is 5.93. The third-order valence-electron chi connectivity index (χ3n) is 7.17. The fraction of sp³-hybridized carbons (Fsp3) is 0.600. The standard InChI is InChI=1S/C30H48N6O3/c1-9-11-25-27(23(31)10-2)28(33-36(25)19-18-35-16-14-22(15-17-35)34(6)7)21-12-13-24(26(20-21)38-8)32-29(37)39-30(3,4)5/h10,12-13,20,22H,9,11,14-19,31H2,1-8H3,(H,32,37)/b23-10+. The molecule has 1 saturated heterocycles. The van der Waals surface area contributed by atoms with Crippen LogP contribution in [-0.4, -0.2) is 78.2 Å². The first-order valence-electron chi connectivity index (χ1n) is 14.1. The monoisotopic (exact) mass is 540 g/mol. The van der Waals surface area contributed by atoms with Crippen molar-refractivity contribution < 1.29 is 14.3 Å². The van der Waals surface area contributed by atoms with Crippen molar-refractivity contribution in [1.29, 1.82) is 0 Å². The fourth-order valence-electron chi connectivity index (χ4n) is 5.07. The van der Waals surface area contributed by atoms with Crippen LogP contribution in [0.4, 0.5) is 10.5 Å². The number of allylic oxidation sites excluding steroid dienone is 1. The minimum Gasteiger partial charge on any atom is -0.495 e. The first kappa shape index (κ1) is 30.5. The molecule has 1 aromatic heterocycles. The number of hydrogen-bond acceptors (Lipinski definition) is 7. The molecule has 0 unspecified atom stereocenters. The first-order valence-corrected chi connectivity index (χ1v) is 14.1. The van der Waals surface area contributed by atoms with E-state index in [1.807, 2.05) is 52.0 Å². The van der Waals surface area contributed by atoms with E-state index in [0.29, 0.717) is 23.2 Å². The molecule has 1 amide bonds. The van der Waals surface area contributed by atoms with E-state index in [4.69, 9.17) is 20.3 Å². The molecule has 1 aliphatic rings. The van der Waals surface area contributed by atoms with Crippen molar-refractivity contribution in [2.24, 2.45) is 5.73 Å². The molecule has 9 nitrogen and oxygen atoms in total. The molecule has 0 aliphatic carbocycles. The molecule has 0 saturated carbocycles. The van der Waals surface area contributed by atoms with Gasteiger partial charge in [0.25, 0.3) is 0 Å². The van der Waals surface area contributed by atoms with Crippen molar-refractivity contribution in [3.8, 4) is 17.0 Å². The van der Waals surface area contributed by atoms with E-state index in [9.17, 15) is 4.79 Å². The lowest BCUT2D eigenvalue weighted by Gasteiger charge is -2.35. The van der Waals surface area contributed by atoms with Crippen molar-refractivity contribution in [1.82, 2.24) is 19.6 Å². The Kier molecular flexibility index (Phi) is 10.4. The SMILES string of the molecule is C/C=C(/N)c1c(-c2ccc(NC(=O)OC(C)(C)C)c(OC)c2)nn(CCN2CCC(N(C)C)CC2)c1CCC. The molecule has 0 atom stereocenters. The smallest absolute Gasteiger partial charge is 0.412 e. The van der Waals surface area contributed by atoms with E-state index in [0.717, 1.165) is 61.5 Å². The number of amides is 1. The molecule has 1 fully saturated rings. The van der Waals surface area contributed by atoms with Crippen molar-refractivity contribution >= 4 is 17.5 Å². The highest BCUT2D eigenvalue weighted by Gasteiger charge is 2.24. The zero-order valence-electron chi connectivity index (χ0n) is 25.1. The molecule has 0 spiro atoms. The fourth-order valence-corrected chi connectivity index (χ4v) is 5.07. The Morgan fingerprint density at radius 2 is 1.92 bits per heavy atom. The van der Waals surface area contributed by atoms with Gasteiger partial charge in [0.05, 0.1) is 19.3 Å². The summed E-state index contributed by atoms with van der Waals surface area (Å²) in [5.41, 5.74) is 11.0. The molecular formula is C30H48N6O3. The predicted octanol–water partition coefficient (Wildman–Crippen LogP) is 5.20. The van der Waals surface area contributed by atoms with E-state index in [2.05, 4.69) is 40.8 Å². The van der Waals surface area contributed by atoms with Crippen LogP contribution in [0.2, 0.25) is 0 Å². The minimum atomic E-state index is -0.596. The average molecular weight is 541 g/mol. The van der Waals surface area contributed by atoms with Crippen LogP contribution in [0, 0.1) is 0 Å². The van der Waals surface area contributed by atoms with Crippen LogP contribution < -0.4 is 15.8 Å². The summed E-state index contributed by atoms with van der Waals surface area (Å²) < 4.78 is 13.2. The lowest BCUT2D eigenvalue weighted by molar-refractivity contribution is 0.0635. The highest BCUT2D eigenvalue weighted by atomic mass is 16.6. The maximum atomic E-state index is 12.4. The maximum Gasteiger partial charge on any atom is 0.412 e. The number of aromatic nitrogens is 2. The van der Waals surface area contributed by atoms with E-state index in [1.54, 1.807) is 7.11 Å². The van der Waals surface area contributed by atoms with Crippen LogP contribution in [0.25, 0.3) is 17.0 Å². The summed E-state index contributed by atoms with van der Waals surface area (Å²) in [5, 5.41) is 7.90. The van der Waals surface area contributed by atoms with Gasteiger partial charge in [0.2, 0.25) is 0 Å². The molecule has 3 rings (SSSR count). The summed E-state index contributed by atoms with van der Waals surface area (Å²) in [6.07, 6.45) is 5.67. The number of likely N-dealkylation sites (tertiary alicyclic amines) is 1. The molecule has 39 heavy (non-hydrogen) atoms. The molecule has 1 aromatic carbocycles. The van der Waals surface area contributed by atoms with Crippen LogP contribution in [-0.2, 0) is 17.7 Å². The second-order valence-electron chi connectivity index (χ2n) is 11.5. The maximum absolute atomic E-state index is 12.4. The molecule has 0 radical (unpaired) electrons. The third-order valence-corrected chi connectivity index (χ3v) is 7.17. The average Bonchev–Trinajstić information content (AvgIpc) is 3.24. The second kappa shape index (κ2) is 13.3. The summed E-state index contributed by atoms with van der Waals surface area (Å²) in [4.78, 5) is 17.2. The number of methoxy groups -OCH3 is 1. The molecular weight excluding hydrogens is 492 g/mol. The van der Waals surface area contributed by atoms with Gasteiger partial charge in [-0.3, -0.25) is 10.00 Å². The number of hydrogen-bond donors (Lipinski definition) is 2. The Morgan fingerprint density at radius 1 is 1.23 bits per heavy atom. The Hall–Kier alpha value is -3.04. The van der Waals surface area contributed by atoms with Crippen LogP contribution in [0.5, 0.6) is 5.75 Å². The second-order valence-corrected chi connectivity index (χ2v) is 11.5. The van der Waals surface area contributed by atoms with Gasteiger partial charge in [-0.15, -0.1) is 0 Å². The van der Waals surface area contributed by atoms with Gasteiger partial charge in [0.1, 0.15) is 17.0 Å². The van der Waals surface area contributed by atoms with Crippen LogP contribution in [0.3, 0.4) is 0 Å². The van der Waals surface area contributed by atoms with Crippen molar-refractivity contribution in [2.45, 2.75) is 78.5 Å². The molecule has 9 heteroatoms. The number of carbonyl (C=O) groups is 1. The Morgan fingerprint density at radius 3 is 2.49 bits per heavy atom. The number of nitrogens with zero attached hydrogens (tertiary/aromatic N) is 4. The van der Waals surface area contributed by atoms with Gasteiger partial charge in [-0.2, -0.15) is 5.10 Å². The Bertz CT molecular complexity index is 1140. The summed E-state index contributed by atoms with van der Waals surface area (Å²) in [6.45, 7) is 13.6. The van der Waals surface area contributed by atoms with E-state index >= 15 is 0 Å². The number of nitrogens with one attached hydrogen (secondary N) is 1. The van der Waals surface area contributed by atoms with Crippen molar-refractivity contribution in [3.05, 3.63) is 35.5 Å². The number of rotatable bonds is 10. The number of benzene rings is 1. The van der Waals surface area contributed by atoms with Crippen LogP contribution in [0.1, 0.15) is 65.1 Å². The van der Waals surface area contributed by atoms with Crippen molar-refractivity contribution in [3.63, 3.8) is 0 Å². The van der Waals surface area contributed by atoms with Gasteiger partial charge in [-0.05, 0) is 86.3 Å². The quantitative estimate of drug-likeness (QED) is 0.427. The first-order chi connectivity index (χ1) is 18.5. The van der Waals surface area contributed by atoms with Gasteiger partial charge >= 0.3 is 6.09 Å². The normalized spacial score (nSPS) is 15.6. The number of nitrogens with two attached hydrogens (primary N) is 1. The predicted molar refractivity (Wildman–Crippen MR) is 159 cm³/mol. The number of anilines is 1. The zero-order valence-corrected chi connectivity index (χ0v) is 25.1. The Labute approximate surface area is 234 Å². The summed E-state index contributed by atoms with van der Waals surface area (Å²) in [6, 6.07) is 6.32. The summed E-state index contributed by atoms with van der Waals surface area (Å²) >= 11 is 0. The van der Waals surface area contributed by atoms with Crippen LogP contribution >= 0.6 is 0 Å². The highest BCUT2D eigenvalue weighted by molar-refractivity contribution is 5.88. The molecule has 2 aromatic rings. The lowest BCUT2D eigenvalue weighted by atomic mass is 10.0. The zero-order chi connectivity index (χ0) is 28.7. The Balaban J connectivity index is 1.91. The number of piperidine rings is 1. The van der Waals surface area contributed by atoms with Gasteiger partial charge in [0, 0.05) is 35.1 Å². The van der Waals surface area contributed by atoms with Crippen molar-refractivity contribution in [2.75, 3.05) is 46.2 Å². The van der Waals surface area contributed by atoms with E-state index < -0.39 is 11.7 Å². The number of ether oxygens (including phenoxy) is 2. The van der Waals surface area contributed by atoms with E-state index in [-0.39, 0.29) is 0 Å². The lowest BCUT2D eigenvalue weighted by Crippen LogP contribution is -2.43. The van der Waals surface area contributed by atoms with Gasteiger partial charge in [-0.1, -0.05) is 25.5 Å². The topological polar surface area (TPSA) is 97.9 Å². The highest BCUT2D eigenvalue weighted by Crippen LogP contribution is 2.35. The molecule has 0 bridgehead atoms. The summed E-state index contributed by atoms with van der Waals surface area (Å²) in [5.74, 6) is 0.527. The molecule has 216 valence electrons. The van der Waals surface area contributed by atoms with Gasteiger partial charge in [-0.25, -0.2) is 4.79 Å². The van der Waals surface area contributed by atoms with E-state index in [1.165, 1.54) is 12.8 Å². The van der Waals surface area contributed by atoms with Crippen LogP contribution in [0.15, 0.2) is 24.3 Å². The number of carbonyl (C=O) groups excluding carboxylic acids is 1. The minimum absolute atomic E-state index is 0.527. The molecule has 3 N–H and O–H groups in total. The largest absolute Gasteiger partial charge is 0.495 e.